The monoisotopic (exact) mass is 281 g/mol. The summed E-state index contributed by atoms with van der Waals surface area (Å²) in [5.41, 5.74) is 3.22. The molecule has 2 heterocycles. The van der Waals surface area contributed by atoms with Crippen molar-refractivity contribution in [2.24, 2.45) is 0 Å². The van der Waals surface area contributed by atoms with Crippen LogP contribution in [0.4, 0.5) is 5.69 Å². The number of amides is 1. The Kier molecular flexibility index (Phi) is 3.97. The number of carbonyl (C=O) groups excluding carboxylic acids is 1. The average Bonchev–Trinajstić information content (AvgIpc) is 2.67. The van der Waals surface area contributed by atoms with Crippen molar-refractivity contribution in [1.82, 2.24) is 10.3 Å². The minimum absolute atomic E-state index is 0.0377. The molecule has 4 heteroatoms. The molecule has 21 heavy (non-hydrogen) atoms. The van der Waals surface area contributed by atoms with Crippen LogP contribution in [0.1, 0.15) is 30.5 Å². The van der Waals surface area contributed by atoms with E-state index in [4.69, 9.17) is 0 Å². The Labute approximate surface area is 124 Å². The van der Waals surface area contributed by atoms with Crippen LogP contribution in [0.3, 0.4) is 0 Å². The standard InChI is InChI=1S/C17H19N3O/c1-12(14-6-4-10-18-11-14)19-16-9-8-13-5-2-3-7-15(13)20-17(16)21/h2-7,10-12,16,19H,8-9H2,1H3,(H,20,21). The SMILES string of the molecule is CC(NC1CCc2ccccc2NC1=O)c1cccnc1. The van der Waals surface area contributed by atoms with Gasteiger partial charge in [0.05, 0.1) is 6.04 Å². The van der Waals surface area contributed by atoms with E-state index in [1.54, 1.807) is 6.20 Å². The summed E-state index contributed by atoms with van der Waals surface area (Å²) in [4.78, 5) is 16.5. The van der Waals surface area contributed by atoms with E-state index in [0.717, 1.165) is 24.1 Å². The van der Waals surface area contributed by atoms with E-state index < -0.39 is 0 Å². The van der Waals surface area contributed by atoms with Gasteiger partial charge in [-0.1, -0.05) is 24.3 Å². The zero-order valence-corrected chi connectivity index (χ0v) is 12.0. The zero-order valence-electron chi connectivity index (χ0n) is 12.0. The predicted octanol–water partition coefficient (Wildman–Crippen LogP) is 2.69. The first kappa shape index (κ1) is 13.8. The van der Waals surface area contributed by atoms with Gasteiger partial charge in [0.25, 0.3) is 0 Å². The highest BCUT2D eigenvalue weighted by Crippen LogP contribution is 2.22. The fourth-order valence-corrected chi connectivity index (χ4v) is 2.70. The van der Waals surface area contributed by atoms with Gasteiger partial charge in [0.2, 0.25) is 5.91 Å². The molecule has 4 nitrogen and oxygen atoms in total. The number of pyridine rings is 1. The second-order valence-electron chi connectivity index (χ2n) is 5.41. The average molecular weight is 281 g/mol. The van der Waals surface area contributed by atoms with Gasteiger partial charge in [0, 0.05) is 24.1 Å². The maximum atomic E-state index is 12.4. The highest BCUT2D eigenvalue weighted by Gasteiger charge is 2.24. The topological polar surface area (TPSA) is 54.0 Å². The highest BCUT2D eigenvalue weighted by atomic mass is 16.2. The Morgan fingerprint density at radius 1 is 1.29 bits per heavy atom. The number of fused-ring (bicyclic) bond motifs is 1. The quantitative estimate of drug-likeness (QED) is 0.909. The van der Waals surface area contributed by atoms with Crippen molar-refractivity contribution < 1.29 is 4.79 Å². The molecule has 1 aromatic heterocycles. The number of para-hydroxylation sites is 1. The highest BCUT2D eigenvalue weighted by molar-refractivity contribution is 5.96. The minimum Gasteiger partial charge on any atom is -0.324 e. The fraction of sp³-hybridized carbons (Fsp3) is 0.294. The summed E-state index contributed by atoms with van der Waals surface area (Å²) in [6.07, 6.45) is 5.28. The number of benzene rings is 1. The minimum atomic E-state index is -0.187. The number of nitrogens with zero attached hydrogens (tertiary/aromatic N) is 1. The van der Waals surface area contributed by atoms with Crippen LogP contribution in [-0.2, 0) is 11.2 Å². The number of aryl methyl sites for hydroxylation is 1. The second kappa shape index (κ2) is 6.06. The smallest absolute Gasteiger partial charge is 0.241 e. The molecule has 0 radical (unpaired) electrons. The molecule has 1 amide bonds. The van der Waals surface area contributed by atoms with Gasteiger partial charge < -0.3 is 5.32 Å². The molecule has 2 N–H and O–H groups in total. The molecule has 1 aromatic carbocycles. The summed E-state index contributed by atoms with van der Waals surface area (Å²) in [6.45, 7) is 2.06. The lowest BCUT2D eigenvalue weighted by Gasteiger charge is -2.21. The fourth-order valence-electron chi connectivity index (χ4n) is 2.70. The number of hydrogen-bond acceptors (Lipinski definition) is 3. The van der Waals surface area contributed by atoms with Gasteiger partial charge in [-0.15, -0.1) is 0 Å². The number of rotatable bonds is 3. The van der Waals surface area contributed by atoms with Gasteiger partial charge in [-0.25, -0.2) is 0 Å². The van der Waals surface area contributed by atoms with E-state index in [1.807, 2.05) is 36.5 Å². The lowest BCUT2D eigenvalue weighted by molar-refractivity contribution is -0.118. The summed E-state index contributed by atoms with van der Waals surface area (Å²) < 4.78 is 0. The molecule has 2 atom stereocenters. The van der Waals surface area contributed by atoms with E-state index in [9.17, 15) is 4.79 Å². The van der Waals surface area contributed by atoms with E-state index in [-0.39, 0.29) is 18.0 Å². The summed E-state index contributed by atoms with van der Waals surface area (Å²) in [6, 6.07) is 11.8. The number of aromatic nitrogens is 1. The molecule has 2 aromatic rings. The Bertz CT molecular complexity index is 627. The molecule has 108 valence electrons. The van der Waals surface area contributed by atoms with Crippen LogP contribution in [0.15, 0.2) is 48.8 Å². The number of carbonyl (C=O) groups is 1. The molecular formula is C17H19N3O. The summed E-state index contributed by atoms with van der Waals surface area (Å²) in [5.74, 6) is 0.0377. The molecule has 0 saturated heterocycles. The Balaban J connectivity index is 1.71. The van der Waals surface area contributed by atoms with Crippen LogP contribution >= 0.6 is 0 Å². The van der Waals surface area contributed by atoms with Crippen molar-refractivity contribution in [2.45, 2.75) is 31.8 Å². The third kappa shape index (κ3) is 3.11. The molecule has 2 unspecified atom stereocenters. The van der Waals surface area contributed by atoms with Crippen LogP contribution < -0.4 is 10.6 Å². The normalized spacial score (nSPS) is 19.3. The molecule has 0 spiro atoms. The van der Waals surface area contributed by atoms with E-state index in [2.05, 4.69) is 28.6 Å². The first-order valence-electron chi connectivity index (χ1n) is 7.29. The lowest BCUT2D eigenvalue weighted by Crippen LogP contribution is -2.41. The molecular weight excluding hydrogens is 262 g/mol. The first-order valence-corrected chi connectivity index (χ1v) is 7.29. The molecule has 1 aliphatic heterocycles. The maximum absolute atomic E-state index is 12.4. The summed E-state index contributed by atoms with van der Waals surface area (Å²) in [5, 5.41) is 6.42. The van der Waals surface area contributed by atoms with Gasteiger partial charge in [-0.2, -0.15) is 0 Å². The van der Waals surface area contributed by atoms with Gasteiger partial charge in [-0.05, 0) is 43.0 Å². The van der Waals surface area contributed by atoms with Crippen LogP contribution in [0.2, 0.25) is 0 Å². The maximum Gasteiger partial charge on any atom is 0.241 e. The van der Waals surface area contributed by atoms with Gasteiger partial charge in [0.1, 0.15) is 0 Å². The Morgan fingerprint density at radius 2 is 2.14 bits per heavy atom. The number of anilines is 1. The van der Waals surface area contributed by atoms with Crippen LogP contribution in [0.5, 0.6) is 0 Å². The first-order chi connectivity index (χ1) is 10.2. The molecule has 3 rings (SSSR count). The molecule has 0 aliphatic carbocycles. The van der Waals surface area contributed by atoms with Crippen LogP contribution in [0.25, 0.3) is 0 Å². The van der Waals surface area contributed by atoms with Crippen molar-refractivity contribution >= 4 is 11.6 Å². The van der Waals surface area contributed by atoms with Gasteiger partial charge >= 0.3 is 0 Å². The second-order valence-corrected chi connectivity index (χ2v) is 5.41. The molecule has 0 fully saturated rings. The van der Waals surface area contributed by atoms with Crippen molar-refractivity contribution in [1.29, 1.82) is 0 Å². The van der Waals surface area contributed by atoms with Gasteiger partial charge in [0.15, 0.2) is 0 Å². The van der Waals surface area contributed by atoms with Crippen LogP contribution in [-0.4, -0.2) is 16.9 Å². The van der Waals surface area contributed by atoms with Crippen molar-refractivity contribution in [3.8, 4) is 0 Å². The summed E-state index contributed by atoms with van der Waals surface area (Å²) in [7, 11) is 0. The largest absolute Gasteiger partial charge is 0.324 e. The molecule has 1 aliphatic rings. The molecule has 0 bridgehead atoms. The third-order valence-electron chi connectivity index (χ3n) is 3.93. The number of hydrogen-bond donors (Lipinski definition) is 2. The van der Waals surface area contributed by atoms with E-state index in [1.165, 1.54) is 5.56 Å². The van der Waals surface area contributed by atoms with Crippen molar-refractivity contribution in [3.63, 3.8) is 0 Å². The summed E-state index contributed by atoms with van der Waals surface area (Å²) >= 11 is 0. The van der Waals surface area contributed by atoms with Crippen LogP contribution in [0, 0.1) is 0 Å². The van der Waals surface area contributed by atoms with E-state index in [0.29, 0.717) is 0 Å². The zero-order chi connectivity index (χ0) is 14.7. The lowest BCUT2D eigenvalue weighted by atomic mass is 10.0. The van der Waals surface area contributed by atoms with Crippen molar-refractivity contribution in [2.75, 3.05) is 5.32 Å². The van der Waals surface area contributed by atoms with E-state index >= 15 is 0 Å². The van der Waals surface area contributed by atoms with Crippen molar-refractivity contribution in [3.05, 3.63) is 59.9 Å². The molecule has 0 saturated carbocycles. The Hall–Kier alpha value is -2.20. The predicted molar refractivity (Wildman–Crippen MR) is 83.0 cm³/mol. The number of nitrogens with one attached hydrogen (secondary N) is 2. The third-order valence-corrected chi connectivity index (χ3v) is 3.93. The Morgan fingerprint density at radius 3 is 2.95 bits per heavy atom. The van der Waals surface area contributed by atoms with Gasteiger partial charge in [-0.3, -0.25) is 15.1 Å².